The Balaban J connectivity index is 2.69. The van der Waals surface area contributed by atoms with Crippen LogP contribution >= 0.6 is 11.6 Å². The Hall–Kier alpha value is -0.610. The van der Waals surface area contributed by atoms with Gasteiger partial charge in [0.2, 0.25) is 0 Å². The van der Waals surface area contributed by atoms with Gasteiger partial charge >= 0.3 is 0 Å². The second-order valence-electron chi connectivity index (χ2n) is 3.78. The summed E-state index contributed by atoms with van der Waals surface area (Å²) in [4.78, 5) is 2.19. The molecule has 0 unspecified atom stereocenters. The minimum absolute atomic E-state index is 0.215. The Kier molecular flexibility index (Phi) is 5.77. The standard InChI is InChI=1S/C12H19ClN2O/c1-15(7-8-16-2)12(9-14)10-3-5-11(13)6-4-10/h3-6,12H,7-9,14H2,1-2H3/t12-/m1/s1. The summed E-state index contributed by atoms with van der Waals surface area (Å²) in [6.45, 7) is 2.16. The first-order chi connectivity index (χ1) is 7.69. The predicted molar refractivity (Wildman–Crippen MR) is 67.8 cm³/mol. The molecule has 1 atom stereocenters. The third kappa shape index (κ3) is 3.76. The van der Waals surface area contributed by atoms with E-state index in [4.69, 9.17) is 22.1 Å². The van der Waals surface area contributed by atoms with Crippen molar-refractivity contribution in [1.29, 1.82) is 0 Å². The first kappa shape index (κ1) is 13.5. The Labute approximate surface area is 102 Å². The van der Waals surface area contributed by atoms with E-state index < -0.39 is 0 Å². The lowest BCUT2D eigenvalue weighted by atomic mass is 10.1. The zero-order chi connectivity index (χ0) is 12.0. The second-order valence-corrected chi connectivity index (χ2v) is 4.21. The summed E-state index contributed by atoms with van der Waals surface area (Å²) in [5.41, 5.74) is 6.99. The van der Waals surface area contributed by atoms with Crippen LogP contribution in [0.2, 0.25) is 5.02 Å². The van der Waals surface area contributed by atoms with E-state index in [2.05, 4.69) is 4.90 Å². The molecule has 0 bridgehead atoms. The highest BCUT2D eigenvalue weighted by molar-refractivity contribution is 6.30. The number of rotatable bonds is 6. The number of nitrogens with two attached hydrogens (primary N) is 1. The lowest BCUT2D eigenvalue weighted by Crippen LogP contribution is -2.32. The van der Waals surface area contributed by atoms with Gasteiger partial charge in [0.05, 0.1) is 6.61 Å². The molecule has 4 heteroatoms. The zero-order valence-corrected chi connectivity index (χ0v) is 10.6. The highest BCUT2D eigenvalue weighted by Gasteiger charge is 2.14. The molecule has 2 N–H and O–H groups in total. The van der Waals surface area contributed by atoms with Crippen LogP contribution in [0.1, 0.15) is 11.6 Å². The molecule has 0 radical (unpaired) electrons. The number of benzene rings is 1. The van der Waals surface area contributed by atoms with Crippen LogP contribution in [0.4, 0.5) is 0 Å². The Morgan fingerprint density at radius 3 is 2.50 bits per heavy atom. The van der Waals surface area contributed by atoms with E-state index in [0.717, 1.165) is 11.6 Å². The molecule has 1 aromatic rings. The molecular formula is C12H19ClN2O. The summed E-state index contributed by atoms with van der Waals surface area (Å²) in [5, 5.41) is 0.749. The van der Waals surface area contributed by atoms with Crippen molar-refractivity contribution in [3.05, 3.63) is 34.9 Å². The summed E-state index contributed by atoms with van der Waals surface area (Å²) < 4.78 is 5.06. The third-order valence-corrected chi connectivity index (χ3v) is 2.91. The van der Waals surface area contributed by atoms with E-state index in [-0.39, 0.29) is 6.04 Å². The fourth-order valence-electron chi connectivity index (χ4n) is 1.65. The molecule has 16 heavy (non-hydrogen) atoms. The average molecular weight is 243 g/mol. The number of methoxy groups -OCH3 is 1. The molecule has 0 fully saturated rings. The van der Waals surface area contributed by atoms with Crippen LogP contribution in [-0.4, -0.2) is 38.8 Å². The normalized spacial score (nSPS) is 13.1. The van der Waals surface area contributed by atoms with Crippen LogP contribution in [0.3, 0.4) is 0 Å². The minimum atomic E-state index is 0.215. The van der Waals surface area contributed by atoms with Crippen molar-refractivity contribution in [3.63, 3.8) is 0 Å². The van der Waals surface area contributed by atoms with Crippen LogP contribution < -0.4 is 5.73 Å². The number of ether oxygens (including phenoxy) is 1. The van der Waals surface area contributed by atoms with Gasteiger partial charge in [-0.1, -0.05) is 23.7 Å². The van der Waals surface area contributed by atoms with Gasteiger partial charge in [-0.25, -0.2) is 0 Å². The molecule has 3 nitrogen and oxygen atoms in total. The zero-order valence-electron chi connectivity index (χ0n) is 9.82. The number of likely N-dealkylation sites (N-methyl/N-ethyl adjacent to an activating group) is 1. The minimum Gasteiger partial charge on any atom is -0.383 e. The van der Waals surface area contributed by atoms with Crippen molar-refractivity contribution < 1.29 is 4.74 Å². The lowest BCUT2D eigenvalue weighted by Gasteiger charge is -2.27. The van der Waals surface area contributed by atoms with E-state index in [1.807, 2.05) is 31.3 Å². The second kappa shape index (κ2) is 6.86. The number of halogens is 1. The smallest absolute Gasteiger partial charge is 0.0589 e. The van der Waals surface area contributed by atoms with Gasteiger partial charge in [0.1, 0.15) is 0 Å². The van der Waals surface area contributed by atoms with Crippen molar-refractivity contribution in [2.75, 3.05) is 33.9 Å². The molecule has 0 aliphatic rings. The molecule has 90 valence electrons. The van der Waals surface area contributed by atoms with Gasteiger partial charge in [-0.05, 0) is 24.7 Å². The van der Waals surface area contributed by atoms with E-state index in [1.165, 1.54) is 5.56 Å². The van der Waals surface area contributed by atoms with Gasteiger partial charge < -0.3 is 10.5 Å². The fraction of sp³-hybridized carbons (Fsp3) is 0.500. The van der Waals surface area contributed by atoms with Crippen LogP contribution in [0.5, 0.6) is 0 Å². The van der Waals surface area contributed by atoms with Crippen molar-refractivity contribution in [3.8, 4) is 0 Å². The molecule has 0 saturated heterocycles. The quantitative estimate of drug-likeness (QED) is 0.829. The summed E-state index contributed by atoms with van der Waals surface area (Å²) in [6, 6.07) is 8.03. The van der Waals surface area contributed by atoms with Crippen LogP contribution in [0.25, 0.3) is 0 Å². The van der Waals surface area contributed by atoms with E-state index >= 15 is 0 Å². The first-order valence-electron chi connectivity index (χ1n) is 5.33. The van der Waals surface area contributed by atoms with Gasteiger partial charge in [0.15, 0.2) is 0 Å². The van der Waals surface area contributed by atoms with E-state index in [0.29, 0.717) is 13.2 Å². The fourth-order valence-corrected chi connectivity index (χ4v) is 1.77. The van der Waals surface area contributed by atoms with Crippen molar-refractivity contribution >= 4 is 11.6 Å². The largest absolute Gasteiger partial charge is 0.383 e. The van der Waals surface area contributed by atoms with Crippen molar-refractivity contribution in [2.45, 2.75) is 6.04 Å². The van der Waals surface area contributed by atoms with Crippen molar-refractivity contribution in [1.82, 2.24) is 4.90 Å². The summed E-state index contributed by atoms with van der Waals surface area (Å²) >= 11 is 5.86. The maximum absolute atomic E-state index is 5.86. The Morgan fingerprint density at radius 1 is 1.38 bits per heavy atom. The predicted octanol–water partition coefficient (Wildman–Crippen LogP) is 1.92. The van der Waals surface area contributed by atoms with Gasteiger partial charge in [0.25, 0.3) is 0 Å². The monoisotopic (exact) mass is 242 g/mol. The highest BCUT2D eigenvalue weighted by atomic mass is 35.5. The number of hydrogen-bond donors (Lipinski definition) is 1. The molecule has 1 aromatic carbocycles. The van der Waals surface area contributed by atoms with Gasteiger partial charge in [-0.3, -0.25) is 4.90 Å². The molecule has 0 saturated carbocycles. The van der Waals surface area contributed by atoms with Crippen LogP contribution in [0.15, 0.2) is 24.3 Å². The van der Waals surface area contributed by atoms with E-state index in [9.17, 15) is 0 Å². The number of nitrogens with zero attached hydrogens (tertiary/aromatic N) is 1. The molecule has 0 aliphatic carbocycles. The van der Waals surface area contributed by atoms with Gasteiger partial charge in [-0.15, -0.1) is 0 Å². The third-order valence-electron chi connectivity index (χ3n) is 2.66. The van der Waals surface area contributed by atoms with Gasteiger partial charge in [-0.2, -0.15) is 0 Å². The highest BCUT2D eigenvalue weighted by Crippen LogP contribution is 2.20. The molecule has 0 amide bonds. The number of hydrogen-bond acceptors (Lipinski definition) is 3. The molecule has 0 heterocycles. The topological polar surface area (TPSA) is 38.5 Å². The molecule has 0 spiro atoms. The lowest BCUT2D eigenvalue weighted by molar-refractivity contribution is 0.140. The Bertz CT molecular complexity index is 302. The van der Waals surface area contributed by atoms with Gasteiger partial charge in [0, 0.05) is 31.3 Å². The average Bonchev–Trinajstić information content (AvgIpc) is 2.30. The maximum Gasteiger partial charge on any atom is 0.0589 e. The summed E-state index contributed by atoms with van der Waals surface area (Å²) in [5.74, 6) is 0. The molecular weight excluding hydrogens is 224 g/mol. The first-order valence-corrected chi connectivity index (χ1v) is 5.71. The summed E-state index contributed by atoms with van der Waals surface area (Å²) in [7, 11) is 3.75. The van der Waals surface area contributed by atoms with E-state index in [1.54, 1.807) is 7.11 Å². The summed E-state index contributed by atoms with van der Waals surface area (Å²) in [6.07, 6.45) is 0. The molecule has 1 rings (SSSR count). The molecule has 0 aliphatic heterocycles. The SMILES string of the molecule is COCCN(C)[C@H](CN)c1ccc(Cl)cc1. The maximum atomic E-state index is 5.86. The van der Waals surface area contributed by atoms with Crippen LogP contribution in [0, 0.1) is 0 Å². The Morgan fingerprint density at radius 2 is 2.00 bits per heavy atom. The van der Waals surface area contributed by atoms with Crippen molar-refractivity contribution in [2.24, 2.45) is 5.73 Å². The van der Waals surface area contributed by atoms with Crippen LogP contribution in [-0.2, 0) is 4.74 Å². The molecule has 0 aromatic heterocycles.